The molecule has 0 amide bonds. The Morgan fingerprint density at radius 1 is 1.00 bits per heavy atom. The first-order valence-corrected chi connectivity index (χ1v) is 8.82. The van der Waals surface area contributed by atoms with Crippen molar-refractivity contribution >= 4 is 32.9 Å². The third-order valence-electron chi connectivity index (χ3n) is 3.56. The van der Waals surface area contributed by atoms with Crippen LogP contribution in [-0.4, -0.2) is 32.9 Å². The molecule has 26 heavy (non-hydrogen) atoms. The first-order valence-electron chi connectivity index (χ1n) is 7.38. The molecule has 2 N–H and O–H groups in total. The number of anilines is 2. The minimum absolute atomic E-state index is 0.0488. The number of aromatic nitrogens is 4. The lowest BCUT2D eigenvalue weighted by Crippen LogP contribution is -2.06. The van der Waals surface area contributed by atoms with Crippen molar-refractivity contribution in [2.75, 3.05) is 5.32 Å². The van der Waals surface area contributed by atoms with Crippen LogP contribution in [-0.2, 0) is 10.1 Å². The van der Waals surface area contributed by atoms with E-state index < -0.39 is 10.1 Å². The number of oxazole rings is 1. The molecule has 0 spiro atoms. The lowest BCUT2D eigenvalue weighted by Gasteiger charge is -2.12. The van der Waals surface area contributed by atoms with Crippen molar-refractivity contribution in [2.45, 2.75) is 4.90 Å². The standard InChI is InChI=1S/C16H11N5O4S/c22-26(23,24)13-7-3-4-10(14(13)21-16-18-8-17-9-19-16)15-20-11-5-1-2-6-12(11)25-15/h1-9H,(H,22,23,24)(H,17,18,19,21). The van der Waals surface area contributed by atoms with Gasteiger partial charge in [0.25, 0.3) is 10.1 Å². The van der Waals surface area contributed by atoms with Crippen LogP contribution < -0.4 is 5.32 Å². The van der Waals surface area contributed by atoms with Crippen LogP contribution in [0, 0.1) is 0 Å². The maximum absolute atomic E-state index is 11.8. The SMILES string of the molecule is O=S(=O)(O)c1cccc(-c2nc3ccccc3o2)c1Nc1ncncn1. The number of para-hydroxylation sites is 3. The zero-order chi connectivity index (χ0) is 18.1. The van der Waals surface area contributed by atoms with E-state index in [1.807, 2.05) is 6.07 Å². The van der Waals surface area contributed by atoms with Crippen molar-refractivity contribution in [3.8, 4) is 11.5 Å². The fourth-order valence-corrected chi connectivity index (χ4v) is 3.13. The topological polar surface area (TPSA) is 131 Å². The number of hydrogen-bond acceptors (Lipinski definition) is 8. The van der Waals surface area contributed by atoms with Crippen LogP contribution in [0.2, 0.25) is 0 Å². The molecule has 10 heteroatoms. The molecule has 0 aliphatic heterocycles. The second-order valence-electron chi connectivity index (χ2n) is 5.23. The van der Waals surface area contributed by atoms with E-state index in [-0.39, 0.29) is 22.4 Å². The van der Waals surface area contributed by atoms with E-state index in [9.17, 15) is 13.0 Å². The minimum atomic E-state index is -4.52. The van der Waals surface area contributed by atoms with Crippen LogP contribution in [0.5, 0.6) is 0 Å². The number of fused-ring (bicyclic) bond motifs is 1. The molecule has 4 rings (SSSR count). The maximum Gasteiger partial charge on any atom is 0.296 e. The minimum Gasteiger partial charge on any atom is -0.436 e. The quantitative estimate of drug-likeness (QED) is 0.521. The van der Waals surface area contributed by atoms with Crippen LogP contribution in [0.25, 0.3) is 22.6 Å². The Morgan fingerprint density at radius 2 is 1.77 bits per heavy atom. The van der Waals surface area contributed by atoms with E-state index in [1.165, 1.54) is 24.8 Å². The summed E-state index contributed by atoms with van der Waals surface area (Å²) < 4.78 is 38.9. The Morgan fingerprint density at radius 3 is 2.50 bits per heavy atom. The molecule has 2 aromatic carbocycles. The lowest BCUT2D eigenvalue weighted by molar-refractivity contribution is 0.483. The monoisotopic (exact) mass is 369 g/mol. The highest BCUT2D eigenvalue weighted by Crippen LogP contribution is 2.35. The molecule has 2 aromatic heterocycles. The van der Waals surface area contributed by atoms with E-state index in [0.717, 1.165) is 0 Å². The largest absolute Gasteiger partial charge is 0.436 e. The van der Waals surface area contributed by atoms with E-state index in [0.29, 0.717) is 16.7 Å². The summed E-state index contributed by atoms with van der Waals surface area (Å²) in [6.07, 6.45) is 2.51. The maximum atomic E-state index is 11.8. The first kappa shape index (κ1) is 16.1. The van der Waals surface area contributed by atoms with Gasteiger partial charge in [-0.15, -0.1) is 0 Å². The predicted molar refractivity (Wildman–Crippen MR) is 92.4 cm³/mol. The molecule has 0 aliphatic rings. The van der Waals surface area contributed by atoms with Crippen molar-refractivity contribution in [3.05, 3.63) is 55.1 Å². The lowest BCUT2D eigenvalue weighted by atomic mass is 10.1. The summed E-state index contributed by atoms with van der Waals surface area (Å²) in [4.78, 5) is 15.6. The van der Waals surface area contributed by atoms with Gasteiger partial charge in [0, 0.05) is 0 Å². The fraction of sp³-hybridized carbons (Fsp3) is 0. The van der Waals surface area contributed by atoms with Gasteiger partial charge in [-0.3, -0.25) is 4.55 Å². The Kier molecular flexibility index (Phi) is 3.82. The van der Waals surface area contributed by atoms with Gasteiger partial charge in [0.15, 0.2) is 5.58 Å². The summed E-state index contributed by atoms with van der Waals surface area (Å²) in [5.74, 6) is 0.293. The summed E-state index contributed by atoms with van der Waals surface area (Å²) in [5.41, 5.74) is 1.54. The molecule has 0 saturated carbocycles. The van der Waals surface area contributed by atoms with Crippen molar-refractivity contribution < 1.29 is 17.4 Å². The summed E-state index contributed by atoms with van der Waals surface area (Å²) >= 11 is 0. The summed E-state index contributed by atoms with van der Waals surface area (Å²) in [6, 6.07) is 11.5. The van der Waals surface area contributed by atoms with E-state index in [1.54, 1.807) is 24.3 Å². The smallest absolute Gasteiger partial charge is 0.296 e. The third-order valence-corrected chi connectivity index (χ3v) is 4.45. The molecule has 0 bridgehead atoms. The van der Waals surface area contributed by atoms with Gasteiger partial charge in [0.2, 0.25) is 11.8 Å². The van der Waals surface area contributed by atoms with Gasteiger partial charge in [0.05, 0.1) is 11.3 Å². The van der Waals surface area contributed by atoms with Gasteiger partial charge in [0.1, 0.15) is 23.1 Å². The number of benzene rings is 2. The fourth-order valence-electron chi connectivity index (χ4n) is 2.46. The highest BCUT2D eigenvalue weighted by atomic mass is 32.2. The molecule has 9 nitrogen and oxygen atoms in total. The van der Waals surface area contributed by atoms with Gasteiger partial charge in [-0.25, -0.2) is 19.9 Å². The Hall–Kier alpha value is -3.37. The zero-order valence-electron chi connectivity index (χ0n) is 13.1. The molecular formula is C16H11N5O4S. The Balaban J connectivity index is 1.93. The summed E-state index contributed by atoms with van der Waals surface area (Å²) in [7, 11) is -4.52. The number of nitrogens with zero attached hydrogens (tertiary/aromatic N) is 4. The first-order chi connectivity index (χ1) is 12.5. The highest BCUT2D eigenvalue weighted by molar-refractivity contribution is 7.86. The van der Waals surface area contributed by atoms with Crippen LogP contribution in [0.3, 0.4) is 0 Å². The normalized spacial score (nSPS) is 11.6. The van der Waals surface area contributed by atoms with Gasteiger partial charge in [-0.2, -0.15) is 8.42 Å². The van der Waals surface area contributed by atoms with Gasteiger partial charge in [-0.05, 0) is 24.3 Å². The molecular weight excluding hydrogens is 358 g/mol. The van der Waals surface area contributed by atoms with Crippen LogP contribution in [0.1, 0.15) is 0 Å². The van der Waals surface area contributed by atoms with E-state index >= 15 is 0 Å². The molecule has 130 valence electrons. The molecule has 2 heterocycles. The van der Waals surface area contributed by atoms with Crippen LogP contribution in [0.4, 0.5) is 11.6 Å². The van der Waals surface area contributed by atoms with E-state index in [4.69, 9.17) is 4.42 Å². The van der Waals surface area contributed by atoms with Crippen LogP contribution in [0.15, 0.2) is 64.4 Å². The second kappa shape index (κ2) is 6.17. The average Bonchev–Trinajstić information content (AvgIpc) is 3.06. The zero-order valence-corrected chi connectivity index (χ0v) is 13.9. The number of hydrogen-bond donors (Lipinski definition) is 2. The average molecular weight is 369 g/mol. The van der Waals surface area contributed by atoms with Gasteiger partial charge < -0.3 is 9.73 Å². The highest BCUT2D eigenvalue weighted by Gasteiger charge is 2.22. The molecule has 0 atom stereocenters. The summed E-state index contributed by atoms with van der Waals surface area (Å²) in [6.45, 7) is 0. The van der Waals surface area contributed by atoms with Crippen molar-refractivity contribution in [2.24, 2.45) is 0 Å². The van der Waals surface area contributed by atoms with Crippen molar-refractivity contribution in [1.82, 2.24) is 19.9 Å². The molecule has 0 fully saturated rings. The number of rotatable bonds is 4. The molecule has 0 unspecified atom stereocenters. The Labute approximate surface area is 147 Å². The molecule has 4 aromatic rings. The van der Waals surface area contributed by atoms with Gasteiger partial charge >= 0.3 is 0 Å². The van der Waals surface area contributed by atoms with Crippen LogP contribution >= 0.6 is 0 Å². The molecule has 0 saturated heterocycles. The Bertz CT molecular complexity index is 1160. The summed E-state index contributed by atoms with van der Waals surface area (Å²) in [5, 5.41) is 2.79. The van der Waals surface area contributed by atoms with E-state index in [2.05, 4.69) is 25.3 Å². The van der Waals surface area contributed by atoms with Crippen molar-refractivity contribution in [1.29, 1.82) is 0 Å². The molecule has 0 aliphatic carbocycles. The van der Waals surface area contributed by atoms with Gasteiger partial charge in [-0.1, -0.05) is 18.2 Å². The third kappa shape index (κ3) is 2.98. The predicted octanol–water partition coefficient (Wildman–Crippen LogP) is 2.67. The van der Waals surface area contributed by atoms with Crippen molar-refractivity contribution in [3.63, 3.8) is 0 Å². The number of nitrogens with one attached hydrogen (secondary N) is 1. The molecule has 0 radical (unpaired) electrons. The second-order valence-corrected chi connectivity index (χ2v) is 6.62.